The second kappa shape index (κ2) is 7.40. The summed E-state index contributed by atoms with van der Waals surface area (Å²) in [5, 5.41) is 8.43. The van der Waals surface area contributed by atoms with Crippen molar-refractivity contribution in [3.63, 3.8) is 0 Å². The lowest BCUT2D eigenvalue weighted by molar-refractivity contribution is 0.419. The van der Waals surface area contributed by atoms with E-state index in [0.29, 0.717) is 28.1 Å². The Morgan fingerprint density at radius 1 is 1.24 bits per heavy atom. The van der Waals surface area contributed by atoms with Crippen molar-refractivity contribution >= 4 is 27.7 Å². The summed E-state index contributed by atoms with van der Waals surface area (Å²) in [5.74, 6) is 1.04. The van der Waals surface area contributed by atoms with Crippen LogP contribution >= 0.6 is 27.7 Å². The fraction of sp³-hybridized carbons (Fsp3) is 0.250. The maximum atomic E-state index is 12.2. The maximum Gasteiger partial charge on any atom is 0.328 e. The van der Waals surface area contributed by atoms with E-state index < -0.39 is 5.69 Å². The number of hydrogen-bond acceptors (Lipinski definition) is 6. The molecule has 0 radical (unpaired) electrons. The summed E-state index contributed by atoms with van der Waals surface area (Å²) in [6.07, 6.45) is 0.182. The van der Waals surface area contributed by atoms with E-state index in [-0.39, 0.29) is 12.0 Å². The van der Waals surface area contributed by atoms with Gasteiger partial charge in [-0.15, -0.1) is 10.2 Å². The van der Waals surface area contributed by atoms with Gasteiger partial charge >= 0.3 is 5.69 Å². The smallest absolute Gasteiger partial charge is 0.328 e. The standard InChI is InChI=1S/C16H15BrN4O3S/c1-9-12(14(22)21(2)15(23)18-9)7-13-19-20-16(24-13)25-8-10-3-5-11(17)6-4-10/h3-6H,7-8H2,1-2H3,(H,18,23). The van der Waals surface area contributed by atoms with E-state index in [2.05, 4.69) is 31.1 Å². The highest BCUT2D eigenvalue weighted by atomic mass is 79.9. The number of aromatic nitrogens is 4. The molecule has 0 fully saturated rings. The van der Waals surface area contributed by atoms with E-state index in [9.17, 15) is 9.59 Å². The number of aryl methyl sites for hydroxylation is 1. The first-order valence-electron chi connectivity index (χ1n) is 7.42. The van der Waals surface area contributed by atoms with Crippen LogP contribution in [0.25, 0.3) is 0 Å². The van der Waals surface area contributed by atoms with Gasteiger partial charge in [0.1, 0.15) is 0 Å². The summed E-state index contributed by atoms with van der Waals surface area (Å²) in [6.45, 7) is 1.68. The Kier molecular flexibility index (Phi) is 5.24. The fourth-order valence-corrected chi connectivity index (χ4v) is 3.23. The molecule has 3 rings (SSSR count). The third-order valence-corrected chi connectivity index (χ3v) is 5.08. The van der Waals surface area contributed by atoms with Gasteiger partial charge in [-0.25, -0.2) is 4.79 Å². The SMILES string of the molecule is Cc1[nH]c(=O)n(C)c(=O)c1Cc1nnc(SCc2ccc(Br)cc2)o1. The van der Waals surface area contributed by atoms with E-state index >= 15 is 0 Å². The predicted molar refractivity (Wildman–Crippen MR) is 97.8 cm³/mol. The summed E-state index contributed by atoms with van der Waals surface area (Å²) >= 11 is 4.83. The van der Waals surface area contributed by atoms with Crippen LogP contribution in [0.15, 0.2) is 48.0 Å². The molecule has 3 aromatic rings. The molecule has 1 N–H and O–H groups in total. The predicted octanol–water partition coefficient (Wildman–Crippen LogP) is 2.41. The van der Waals surface area contributed by atoms with Gasteiger partial charge in [0, 0.05) is 28.5 Å². The third-order valence-electron chi connectivity index (χ3n) is 3.67. The minimum atomic E-state index is -0.442. The van der Waals surface area contributed by atoms with Gasteiger partial charge in [0.15, 0.2) is 0 Å². The molecule has 0 atom stereocenters. The monoisotopic (exact) mass is 422 g/mol. The van der Waals surface area contributed by atoms with Gasteiger partial charge in [0.25, 0.3) is 10.8 Å². The van der Waals surface area contributed by atoms with Crippen molar-refractivity contribution in [3.8, 4) is 0 Å². The molecule has 0 bridgehead atoms. The first-order chi connectivity index (χ1) is 11.9. The largest absolute Gasteiger partial charge is 0.416 e. The van der Waals surface area contributed by atoms with Gasteiger partial charge in [-0.2, -0.15) is 0 Å². The molecule has 130 valence electrons. The molecule has 0 spiro atoms. The highest BCUT2D eigenvalue weighted by Gasteiger charge is 2.14. The van der Waals surface area contributed by atoms with Gasteiger partial charge in [-0.1, -0.05) is 39.8 Å². The molecule has 2 heterocycles. The van der Waals surface area contributed by atoms with Crippen LogP contribution in [0, 0.1) is 6.92 Å². The quantitative estimate of drug-likeness (QED) is 0.634. The van der Waals surface area contributed by atoms with E-state index in [1.54, 1.807) is 6.92 Å². The van der Waals surface area contributed by atoms with Crippen LogP contribution in [0.4, 0.5) is 0 Å². The molecule has 0 amide bonds. The molecule has 0 saturated heterocycles. The lowest BCUT2D eigenvalue weighted by atomic mass is 10.2. The van der Waals surface area contributed by atoms with Crippen LogP contribution in [-0.4, -0.2) is 19.7 Å². The summed E-state index contributed by atoms with van der Waals surface area (Å²) in [4.78, 5) is 26.4. The lowest BCUT2D eigenvalue weighted by Crippen LogP contribution is -2.36. The van der Waals surface area contributed by atoms with Crippen molar-refractivity contribution in [3.05, 3.63) is 72.3 Å². The van der Waals surface area contributed by atoms with Crippen LogP contribution in [0.3, 0.4) is 0 Å². The van der Waals surface area contributed by atoms with Gasteiger partial charge in [-0.05, 0) is 24.6 Å². The number of thioether (sulfide) groups is 1. The Labute approximate surface area is 155 Å². The molecule has 1 aromatic carbocycles. The maximum absolute atomic E-state index is 12.2. The molecule has 0 aliphatic rings. The number of nitrogens with zero attached hydrogens (tertiary/aromatic N) is 3. The summed E-state index contributed by atoms with van der Waals surface area (Å²) in [5.41, 5.74) is 1.29. The van der Waals surface area contributed by atoms with Crippen molar-refractivity contribution < 1.29 is 4.42 Å². The number of nitrogens with one attached hydrogen (secondary N) is 1. The molecular weight excluding hydrogens is 408 g/mol. The minimum absolute atomic E-state index is 0.182. The number of rotatable bonds is 5. The Morgan fingerprint density at radius 3 is 2.68 bits per heavy atom. The average Bonchev–Trinajstić information content (AvgIpc) is 3.04. The topological polar surface area (TPSA) is 93.8 Å². The highest BCUT2D eigenvalue weighted by molar-refractivity contribution is 9.10. The van der Waals surface area contributed by atoms with E-state index in [1.807, 2.05) is 24.3 Å². The van der Waals surface area contributed by atoms with Crippen LogP contribution in [0.1, 0.15) is 22.7 Å². The van der Waals surface area contributed by atoms with Crippen LogP contribution < -0.4 is 11.2 Å². The number of benzene rings is 1. The Hall–Kier alpha value is -2.13. The number of halogens is 1. The lowest BCUT2D eigenvalue weighted by Gasteiger charge is -2.04. The normalized spacial score (nSPS) is 11.0. The fourth-order valence-electron chi connectivity index (χ4n) is 2.23. The van der Waals surface area contributed by atoms with Gasteiger partial charge < -0.3 is 9.40 Å². The zero-order valence-electron chi connectivity index (χ0n) is 13.6. The van der Waals surface area contributed by atoms with E-state index in [4.69, 9.17) is 4.42 Å². The number of hydrogen-bond donors (Lipinski definition) is 1. The van der Waals surface area contributed by atoms with Crippen molar-refractivity contribution in [2.75, 3.05) is 0 Å². The van der Waals surface area contributed by atoms with Crippen LogP contribution in [-0.2, 0) is 19.2 Å². The summed E-state index contributed by atoms with van der Waals surface area (Å²) < 4.78 is 7.66. The zero-order valence-corrected chi connectivity index (χ0v) is 16.0. The van der Waals surface area contributed by atoms with Crippen molar-refractivity contribution in [1.29, 1.82) is 0 Å². The molecule has 0 aliphatic heterocycles. The van der Waals surface area contributed by atoms with Gasteiger partial charge in [0.2, 0.25) is 5.89 Å². The molecule has 0 aliphatic carbocycles. The van der Waals surface area contributed by atoms with Gasteiger partial charge in [-0.3, -0.25) is 9.36 Å². The Balaban J connectivity index is 1.72. The molecule has 9 heteroatoms. The van der Waals surface area contributed by atoms with Crippen molar-refractivity contribution in [2.45, 2.75) is 24.3 Å². The first kappa shape index (κ1) is 17.7. The molecular formula is C16H15BrN4O3S. The zero-order chi connectivity index (χ0) is 18.0. The Morgan fingerprint density at radius 2 is 1.96 bits per heavy atom. The highest BCUT2D eigenvalue weighted by Crippen LogP contribution is 2.23. The minimum Gasteiger partial charge on any atom is -0.416 e. The molecule has 7 nitrogen and oxygen atoms in total. The molecule has 2 aromatic heterocycles. The van der Waals surface area contributed by atoms with Crippen LogP contribution in [0.2, 0.25) is 0 Å². The second-order valence-electron chi connectivity index (χ2n) is 5.45. The average molecular weight is 423 g/mol. The van der Waals surface area contributed by atoms with Crippen molar-refractivity contribution in [1.82, 2.24) is 19.7 Å². The van der Waals surface area contributed by atoms with Crippen LogP contribution in [0.5, 0.6) is 0 Å². The third kappa shape index (κ3) is 4.10. The summed E-state index contributed by atoms with van der Waals surface area (Å²) in [7, 11) is 1.43. The molecule has 0 saturated carbocycles. The van der Waals surface area contributed by atoms with E-state index in [1.165, 1.54) is 18.8 Å². The summed E-state index contributed by atoms with van der Waals surface area (Å²) in [6, 6.07) is 7.98. The number of H-pyrrole nitrogens is 1. The second-order valence-corrected chi connectivity index (χ2v) is 7.29. The number of aromatic amines is 1. The van der Waals surface area contributed by atoms with Crippen molar-refractivity contribution in [2.24, 2.45) is 7.05 Å². The molecule has 0 unspecified atom stereocenters. The Bertz CT molecular complexity index is 1010. The van der Waals surface area contributed by atoms with E-state index in [0.717, 1.165) is 14.6 Å². The molecule has 25 heavy (non-hydrogen) atoms. The van der Waals surface area contributed by atoms with Gasteiger partial charge in [0.05, 0.1) is 6.42 Å². The first-order valence-corrected chi connectivity index (χ1v) is 9.20.